The van der Waals surface area contributed by atoms with Gasteiger partial charge in [-0.15, -0.1) is 0 Å². The second-order valence-corrected chi connectivity index (χ2v) is 7.40. The smallest absolute Gasteiger partial charge is 0.319 e. The quantitative estimate of drug-likeness (QED) is 0.625. The topological polar surface area (TPSA) is 93.7 Å². The molecule has 3 fully saturated rings. The highest BCUT2D eigenvalue weighted by Gasteiger charge is 2.61. The first kappa shape index (κ1) is 19.5. The molecule has 3 saturated heterocycles. The van der Waals surface area contributed by atoms with Crippen molar-refractivity contribution >= 4 is 0 Å². The van der Waals surface area contributed by atoms with E-state index in [1.54, 1.807) is 20.4 Å². The molecule has 0 radical (unpaired) electrons. The number of rotatable bonds is 7. The zero-order chi connectivity index (χ0) is 20.7. The van der Waals surface area contributed by atoms with E-state index in [-0.39, 0.29) is 36.5 Å². The average molecular weight is 416 g/mol. The third-order valence-electron chi connectivity index (χ3n) is 5.69. The van der Waals surface area contributed by atoms with Gasteiger partial charge in [0.15, 0.2) is 0 Å². The summed E-state index contributed by atoms with van der Waals surface area (Å²) < 4.78 is 40.3. The lowest BCUT2D eigenvalue weighted by Gasteiger charge is -2.26. The predicted octanol–water partition coefficient (Wildman–Crippen LogP) is 1.69. The molecule has 0 amide bonds. The minimum absolute atomic E-state index is 0.0333. The van der Waals surface area contributed by atoms with Crippen LogP contribution in [0.25, 0.3) is 0 Å². The van der Waals surface area contributed by atoms with E-state index in [4.69, 9.17) is 33.2 Å². The predicted molar refractivity (Wildman–Crippen MR) is 103 cm³/mol. The molecule has 1 aromatic heterocycles. The normalized spacial score (nSPS) is 31.6. The first-order chi connectivity index (χ1) is 14.7. The molecule has 2 aromatic rings. The Hall–Kier alpha value is -2.46. The Morgan fingerprint density at radius 3 is 2.53 bits per heavy atom. The monoisotopic (exact) mass is 416 g/mol. The fraction of sp³-hybridized carbons (Fsp3) is 0.524. The van der Waals surface area contributed by atoms with Crippen molar-refractivity contribution in [3.05, 3.63) is 41.6 Å². The molecule has 5 rings (SSSR count). The molecule has 3 aliphatic heterocycles. The highest BCUT2D eigenvalue weighted by molar-refractivity contribution is 5.31. The minimum Gasteiger partial charge on any atom is -0.497 e. The van der Waals surface area contributed by atoms with Crippen molar-refractivity contribution in [2.45, 2.75) is 43.2 Å². The highest BCUT2D eigenvalue weighted by Crippen LogP contribution is 2.48. The molecular formula is C21H24N2O7. The number of hydrogen-bond donors (Lipinski definition) is 0. The van der Waals surface area contributed by atoms with Gasteiger partial charge < -0.3 is 33.2 Å². The van der Waals surface area contributed by atoms with Gasteiger partial charge in [-0.05, 0) is 17.7 Å². The van der Waals surface area contributed by atoms with Crippen LogP contribution in [0.3, 0.4) is 0 Å². The lowest BCUT2D eigenvalue weighted by atomic mass is 9.99. The molecule has 0 aliphatic carbocycles. The van der Waals surface area contributed by atoms with Crippen molar-refractivity contribution in [3.63, 3.8) is 0 Å². The van der Waals surface area contributed by atoms with Gasteiger partial charge in [-0.1, -0.05) is 12.1 Å². The SMILES string of the molecule is COc1ccc(CO[C@@H]2[C@@H]3OC[C@H]4O[C@H]4[C@H]3O[C@H]2c2cnc(OC)nc2OC)cc1. The average Bonchev–Trinajstić information content (AvgIpc) is 3.51. The molecule has 3 aliphatic rings. The first-order valence-electron chi connectivity index (χ1n) is 9.83. The Morgan fingerprint density at radius 2 is 1.80 bits per heavy atom. The summed E-state index contributed by atoms with van der Waals surface area (Å²) in [6.07, 6.45) is 0.509. The first-order valence-corrected chi connectivity index (χ1v) is 9.83. The molecule has 30 heavy (non-hydrogen) atoms. The van der Waals surface area contributed by atoms with Crippen LogP contribution in [0.2, 0.25) is 0 Å². The Morgan fingerprint density at radius 1 is 0.967 bits per heavy atom. The van der Waals surface area contributed by atoms with E-state index in [2.05, 4.69) is 9.97 Å². The van der Waals surface area contributed by atoms with Crippen LogP contribution in [0.4, 0.5) is 0 Å². The molecule has 4 heterocycles. The Bertz CT molecular complexity index is 893. The van der Waals surface area contributed by atoms with Crippen LogP contribution in [0.15, 0.2) is 30.5 Å². The Kier molecular flexibility index (Phi) is 5.20. The number of fused-ring (bicyclic) bond motifs is 3. The van der Waals surface area contributed by atoms with Crippen LogP contribution in [0.1, 0.15) is 17.2 Å². The summed E-state index contributed by atoms with van der Waals surface area (Å²) in [5.41, 5.74) is 1.71. The summed E-state index contributed by atoms with van der Waals surface area (Å²) in [6.45, 7) is 0.940. The summed E-state index contributed by atoms with van der Waals surface area (Å²) >= 11 is 0. The van der Waals surface area contributed by atoms with Gasteiger partial charge in [-0.2, -0.15) is 4.98 Å². The lowest BCUT2D eigenvalue weighted by molar-refractivity contribution is -0.0809. The van der Waals surface area contributed by atoms with E-state index in [9.17, 15) is 0 Å². The maximum Gasteiger partial charge on any atom is 0.319 e. The molecule has 0 bridgehead atoms. The number of methoxy groups -OCH3 is 3. The molecule has 1 aromatic carbocycles. The van der Waals surface area contributed by atoms with Gasteiger partial charge in [0, 0.05) is 6.20 Å². The van der Waals surface area contributed by atoms with E-state index in [1.807, 2.05) is 24.3 Å². The fourth-order valence-corrected chi connectivity index (χ4v) is 4.09. The molecular weight excluding hydrogens is 392 g/mol. The maximum atomic E-state index is 6.36. The summed E-state index contributed by atoms with van der Waals surface area (Å²) in [6, 6.07) is 7.98. The van der Waals surface area contributed by atoms with Gasteiger partial charge in [-0.3, -0.25) is 0 Å². The van der Waals surface area contributed by atoms with E-state index in [0.717, 1.165) is 11.3 Å². The van der Waals surface area contributed by atoms with Crippen molar-refractivity contribution in [3.8, 4) is 17.6 Å². The molecule has 0 N–H and O–H groups in total. The van der Waals surface area contributed by atoms with Crippen molar-refractivity contribution < 1.29 is 33.2 Å². The zero-order valence-electron chi connectivity index (χ0n) is 17.0. The molecule has 0 saturated carbocycles. The second-order valence-electron chi connectivity index (χ2n) is 7.40. The zero-order valence-corrected chi connectivity index (χ0v) is 17.0. The van der Waals surface area contributed by atoms with Crippen molar-refractivity contribution in [2.24, 2.45) is 0 Å². The molecule has 6 atom stereocenters. The number of nitrogens with zero attached hydrogens (tertiary/aromatic N) is 2. The molecule has 0 unspecified atom stereocenters. The minimum atomic E-state index is -0.456. The van der Waals surface area contributed by atoms with Crippen molar-refractivity contribution in [1.29, 1.82) is 0 Å². The lowest BCUT2D eigenvalue weighted by Crippen LogP contribution is -2.43. The van der Waals surface area contributed by atoms with Crippen molar-refractivity contribution in [2.75, 3.05) is 27.9 Å². The molecule has 160 valence electrons. The van der Waals surface area contributed by atoms with E-state index < -0.39 is 6.10 Å². The largest absolute Gasteiger partial charge is 0.497 e. The molecule has 9 nitrogen and oxygen atoms in total. The Balaban J connectivity index is 1.41. The van der Waals surface area contributed by atoms with Crippen LogP contribution in [0.5, 0.6) is 17.6 Å². The van der Waals surface area contributed by atoms with Crippen LogP contribution in [-0.2, 0) is 25.6 Å². The standard InChI is InChI=1S/C21H24N2O7/c1-24-12-6-4-11(5-7-12)9-27-17-15(13-8-22-21(26-3)23-20(13)25-2)30-19-16-14(29-16)10-28-18(17)19/h4-8,14-19H,9-10H2,1-3H3/t14-,15+,16-,17+,18+,19-/m1/s1. The van der Waals surface area contributed by atoms with E-state index in [0.29, 0.717) is 24.7 Å². The molecule has 0 spiro atoms. The fourth-order valence-electron chi connectivity index (χ4n) is 4.09. The number of epoxide rings is 1. The van der Waals surface area contributed by atoms with Crippen LogP contribution >= 0.6 is 0 Å². The van der Waals surface area contributed by atoms with Gasteiger partial charge in [0.2, 0.25) is 5.88 Å². The van der Waals surface area contributed by atoms with Crippen LogP contribution in [-0.4, -0.2) is 68.4 Å². The maximum absolute atomic E-state index is 6.36. The van der Waals surface area contributed by atoms with Gasteiger partial charge in [0.1, 0.15) is 42.4 Å². The number of ether oxygens (including phenoxy) is 7. The van der Waals surface area contributed by atoms with Crippen LogP contribution < -0.4 is 14.2 Å². The second kappa shape index (κ2) is 7.99. The summed E-state index contributed by atoms with van der Waals surface area (Å²) in [7, 11) is 4.70. The molecule has 9 heteroatoms. The van der Waals surface area contributed by atoms with Crippen molar-refractivity contribution in [1.82, 2.24) is 9.97 Å². The van der Waals surface area contributed by atoms with E-state index >= 15 is 0 Å². The van der Waals surface area contributed by atoms with E-state index in [1.165, 1.54) is 7.11 Å². The summed E-state index contributed by atoms with van der Waals surface area (Å²) in [5.74, 6) is 1.19. The Labute approximate surface area is 174 Å². The number of hydrogen-bond acceptors (Lipinski definition) is 9. The van der Waals surface area contributed by atoms with Gasteiger partial charge in [0.05, 0.1) is 40.1 Å². The van der Waals surface area contributed by atoms with Gasteiger partial charge in [0.25, 0.3) is 0 Å². The van der Waals surface area contributed by atoms with Gasteiger partial charge in [-0.25, -0.2) is 4.98 Å². The third kappa shape index (κ3) is 3.47. The summed E-state index contributed by atoms with van der Waals surface area (Å²) in [5, 5.41) is 0. The number of benzene rings is 1. The summed E-state index contributed by atoms with van der Waals surface area (Å²) in [4.78, 5) is 8.53. The third-order valence-corrected chi connectivity index (χ3v) is 5.69. The number of aromatic nitrogens is 2. The highest BCUT2D eigenvalue weighted by atomic mass is 16.7. The van der Waals surface area contributed by atoms with Gasteiger partial charge >= 0.3 is 6.01 Å². The van der Waals surface area contributed by atoms with Crippen LogP contribution in [0, 0.1) is 0 Å².